The molecule has 4 heteroatoms. The first-order valence-corrected chi connectivity index (χ1v) is 9.66. The number of allylic oxidation sites excluding steroid dienone is 1. The van der Waals surface area contributed by atoms with Gasteiger partial charge in [-0.15, -0.1) is 0 Å². The van der Waals surface area contributed by atoms with Crippen molar-refractivity contribution in [2.24, 2.45) is 0 Å². The van der Waals surface area contributed by atoms with E-state index in [2.05, 4.69) is 18.2 Å². The SMILES string of the molecule is COc1ccc(/C=C2\CCc3ccccc3C2=O)cc1C[NH+]1CCOCC1. The van der Waals surface area contributed by atoms with Crippen molar-refractivity contribution in [1.29, 1.82) is 0 Å². The third kappa shape index (κ3) is 3.97. The van der Waals surface area contributed by atoms with Crippen LogP contribution in [0, 0.1) is 0 Å². The maximum Gasteiger partial charge on any atom is 0.189 e. The Morgan fingerprint density at radius 1 is 1.11 bits per heavy atom. The van der Waals surface area contributed by atoms with Gasteiger partial charge in [0.15, 0.2) is 5.78 Å². The highest BCUT2D eigenvalue weighted by molar-refractivity contribution is 6.13. The highest BCUT2D eigenvalue weighted by Crippen LogP contribution is 2.28. The molecule has 0 aromatic heterocycles. The van der Waals surface area contributed by atoms with E-state index in [-0.39, 0.29) is 5.78 Å². The fourth-order valence-electron chi connectivity index (χ4n) is 3.99. The van der Waals surface area contributed by atoms with Gasteiger partial charge >= 0.3 is 0 Å². The number of quaternary nitrogens is 1. The van der Waals surface area contributed by atoms with E-state index in [0.717, 1.165) is 73.7 Å². The number of hydrogen-bond donors (Lipinski definition) is 1. The topological polar surface area (TPSA) is 40.0 Å². The maximum atomic E-state index is 12.8. The number of methoxy groups -OCH3 is 1. The van der Waals surface area contributed by atoms with E-state index in [1.807, 2.05) is 30.3 Å². The second-order valence-corrected chi connectivity index (χ2v) is 7.27. The largest absolute Gasteiger partial charge is 0.496 e. The quantitative estimate of drug-likeness (QED) is 0.847. The number of morpholine rings is 1. The number of rotatable bonds is 4. The molecule has 4 rings (SSSR count). The van der Waals surface area contributed by atoms with E-state index in [4.69, 9.17) is 9.47 Å². The van der Waals surface area contributed by atoms with E-state index < -0.39 is 0 Å². The van der Waals surface area contributed by atoms with Crippen LogP contribution in [0.5, 0.6) is 5.75 Å². The highest BCUT2D eigenvalue weighted by atomic mass is 16.5. The van der Waals surface area contributed by atoms with Crippen LogP contribution in [0.4, 0.5) is 0 Å². The van der Waals surface area contributed by atoms with Gasteiger partial charge in [-0.1, -0.05) is 30.3 Å². The zero-order chi connectivity index (χ0) is 18.6. The molecule has 0 radical (unpaired) electrons. The summed E-state index contributed by atoms with van der Waals surface area (Å²) in [4.78, 5) is 14.3. The molecule has 1 aliphatic carbocycles. The molecule has 2 aromatic rings. The van der Waals surface area contributed by atoms with Gasteiger partial charge in [0.2, 0.25) is 0 Å². The van der Waals surface area contributed by atoms with Crippen LogP contribution in [0.2, 0.25) is 0 Å². The number of ketones is 1. The number of fused-ring (bicyclic) bond motifs is 1. The zero-order valence-electron chi connectivity index (χ0n) is 15.8. The summed E-state index contributed by atoms with van der Waals surface area (Å²) in [5, 5.41) is 0. The summed E-state index contributed by atoms with van der Waals surface area (Å²) in [6.45, 7) is 4.58. The molecular weight excluding hydrogens is 338 g/mol. The molecule has 0 spiro atoms. The molecule has 0 bridgehead atoms. The minimum absolute atomic E-state index is 0.160. The van der Waals surface area contributed by atoms with Crippen LogP contribution in [-0.4, -0.2) is 39.2 Å². The molecule has 0 saturated carbocycles. The van der Waals surface area contributed by atoms with Crippen molar-refractivity contribution in [3.8, 4) is 5.75 Å². The minimum Gasteiger partial charge on any atom is -0.496 e. The Morgan fingerprint density at radius 3 is 2.74 bits per heavy atom. The minimum atomic E-state index is 0.160. The fraction of sp³-hybridized carbons (Fsp3) is 0.348. The third-order valence-corrected chi connectivity index (χ3v) is 5.50. The summed E-state index contributed by atoms with van der Waals surface area (Å²) < 4.78 is 11.0. The smallest absolute Gasteiger partial charge is 0.189 e. The number of benzene rings is 2. The summed E-state index contributed by atoms with van der Waals surface area (Å²) in [5.41, 5.74) is 5.16. The van der Waals surface area contributed by atoms with E-state index in [9.17, 15) is 4.79 Å². The number of ether oxygens (including phenoxy) is 2. The van der Waals surface area contributed by atoms with Crippen molar-refractivity contribution in [3.05, 3.63) is 70.3 Å². The Morgan fingerprint density at radius 2 is 1.93 bits per heavy atom. The normalized spacial score (nSPS) is 19.1. The van der Waals surface area contributed by atoms with Crippen LogP contribution >= 0.6 is 0 Å². The van der Waals surface area contributed by atoms with Crippen LogP contribution in [-0.2, 0) is 17.7 Å². The molecule has 1 saturated heterocycles. The van der Waals surface area contributed by atoms with Crippen LogP contribution in [0.3, 0.4) is 0 Å². The summed E-state index contributed by atoms with van der Waals surface area (Å²) in [5.74, 6) is 1.07. The second-order valence-electron chi connectivity index (χ2n) is 7.27. The zero-order valence-corrected chi connectivity index (χ0v) is 15.8. The van der Waals surface area contributed by atoms with Crippen molar-refractivity contribution in [1.82, 2.24) is 0 Å². The van der Waals surface area contributed by atoms with E-state index >= 15 is 0 Å². The van der Waals surface area contributed by atoms with Gasteiger partial charge in [-0.2, -0.15) is 0 Å². The number of carbonyl (C=O) groups is 1. The first-order chi connectivity index (χ1) is 13.2. The Hall–Kier alpha value is -2.43. The molecule has 1 aliphatic heterocycles. The predicted molar refractivity (Wildman–Crippen MR) is 105 cm³/mol. The predicted octanol–water partition coefficient (Wildman–Crippen LogP) is 2.32. The van der Waals surface area contributed by atoms with Gasteiger partial charge < -0.3 is 14.4 Å². The van der Waals surface area contributed by atoms with Crippen molar-refractivity contribution in [3.63, 3.8) is 0 Å². The van der Waals surface area contributed by atoms with Crippen molar-refractivity contribution in [2.45, 2.75) is 19.4 Å². The number of Topliss-reactive ketones (excluding diaryl/α,β-unsaturated/α-hetero) is 1. The summed E-state index contributed by atoms with van der Waals surface area (Å²) >= 11 is 0. The molecule has 140 valence electrons. The Balaban J connectivity index is 1.59. The monoisotopic (exact) mass is 364 g/mol. The molecule has 0 amide bonds. The van der Waals surface area contributed by atoms with Crippen LogP contribution in [0.25, 0.3) is 6.08 Å². The molecule has 1 fully saturated rings. The van der Waals surface area contributed by atoms with Gasteiger partial charge in [0, 0.05) is 16.7 Å². The average molecular weight is 364 g/mol. The van der Waals surface area contributed by atoms with Gasteiger partial charge in [0.05, 0.1) is 20.3 Å². The summed E-state index contributed by atoms with van der Waals surface area (Å²) in [6.07, 6.45) is 3.77. The Kier molecular flexibility index (Phi) is 5.37. The lowest BCUT2D eigenvalue weighted by Crippen LogP contribution is -3.12. The summed E-state index contributed by atoms with van der Waals surface area (Å²) in [7, 11) is 1.72. The van der Waals surface area contributed by atoms with Gasteiger partial charge in [0.25, 0.3) is 0 Å². The van der Waals surface area contributed by atoms with E-state index in [1.165, 1.54) is 10.5 Å². The highest BCUT2D eigenvalue weighted by Gasteiger charge is 2.22. The number of nitrogens with one attached hydrogen (secondary N) is 1. The Bertz CT molecular complexity index is 866. The van der Waals surface area contributed by atoms with Crippen LogP contribution in [0.1, 0.15) is 33.5 Å². The molecule has 2 aromatic carbocycles. The van der Waals surface area contributed by atoms with Crippen molar-refractivity contribution >= 4 is 11.9 Å². The lowest BCUT2D eigenvalue weighted by Gasteiger charge is -2.24. The molecule has 1 N–H and O–H groups in total. The molecular formula is C23H26NO3+. The first-order valence-electron chi connectivity index (χ1n) is 9.66. The lowest BCUT2D eigenvalue weighted by atomic mass is 9.86. The second kappa shape index (κ2) is 8.07. The van der Waals surface area contributed by atoms with Crippen LogP contribution < -0.4 is 9.64 Å². The lowest BCUT2D eigenvalue weighted by molar-refractivity contribution is -0.921. The van der Waals surface area contributed by atoms with E-state index in [0.29, 0.717) is 0 Å². The number of carbonyl (C=O) groups excluding carboxylic acids is 1. The molecule has 1 heterocycles. The average Bonchev–Trinajstić information content (AvgIpc) is 2.71. The fourth-order valence-corrected chi connectivity index (χ4v) is 3.99. The van der Waals surface area contributed by atoms with Crippen molar-refractivity contribution in [2.75, 3.05) is 33.4 Å². The molecule has 2 aliphatic rings. The number of aryl methyl sites for hydroxylation is 1. The van der Waals surface area contributed by atoms with Gasteiger partial charge in [-0.3, -0.25) is 4.79 Å². The molecule has 27 heavy (non-hydrogen) atoms. The first kappa shape index (κ1) is 18.0. The standard InChI is InChI=1S/C23H25NO3/c1-26-22-9-6-17(15-20(22)16-24-10-12-27-13-11-24)14-19-8-7-18-4-2-3-5-21(18)23(19)25/h2-6,9,14-15H,7-8,10-13,16H2,1H3/p+1/b19-14+. The van der Waals surface area contributed by atoms with Gasteiger partial charge in [-0.05, 0) is 42.2 Å². The van der Waals surface area contributed by atoms with Gasteiger partial charge in [0.1, 0.15) is 25.4 Å². The Labute approximate surface area is 160 Å². The van der Waals surface area contributed by atoms with Gasteiger partial charge in [-0.25, -0.2) is 0 Å². The summed E-state index contributed by atoms with van der Waals surface area (Å²) in [6, 6.07) is 14.2. The van der Waals surface area contributed by atoms with Crippen LogP contribution in [0.15, 0.2) is 48.0 Å². The van der Waals surface area contributed by atoms with Crippen molar-refractivity contribution < 1.29 is 19.2 Å². The maximum absolute atomic E-state index is 12.8. The van der Waals surface area contributed by atoms with E-state index in [1.54, 1.807) is 7.11 Å². The molecule has 4 nitrogen and oxygen atoms in total. The third-order valence-electron chi connectivity index (χ3n) is 5.50. The number of hydrogen-bond acceptors (Lipinski definition) is 3. The molecule has 0 atom stereocenters. The molecule has 0 unspecified atom stereocenters.